The number of benzene rings is 1. The molecule has 132 valence electrons. The Morgan fingerprint density at radius 1 is 1.33 bits per heavy atom. The molecule has 1 aliphatic heterocycles. The largest absolute Gasteiger partial charge is 0.480 e. The highest BCUT2D eigenvalue weighted by atomic mass is 19.2. The molecular formula is C17H22F2N2O3. The molecule has 2 unspecified atom stereocenters. The molecule has 1 heterocycles. The number of likely N-dealkylation sites (tertiary alicyclic amines) is 1. The SMILES string of the molecule is CC(c1ccc(F)c(F)c1)N(C)C(=O)CN1CCCCC1C(=O)O. The molecule has 1 N–H and O–H groups in total. The Morgan fingerprint density at radius 2 is 2.04 bits per heavy atom. The predicted octanol–water partition coefficient (Wildman–Crippen LogP) is 2.42. The first-order valence-electron chi connectivity index (χ1n) is 7.98. The van der Waals surface area contributed by atoms with E-state index in [-0.39, 0.29) is 12.5 Å². The molecule has 1 aromatic rings. The lowest BCUT2D eigenvalue weighted by molar-refractivity contribution is -0.146. The number of likely N-dealkylation sites (N-methyl/N-ethyl adjacent to an activating group) is 1. The number of aliphatic carboxylic acids is 1. The molecule has 1 aliphatic rings. The zero-order valence-electron chi connectivity index (χ0n) is 13.8. The van der Waals surface area contributed by atoms with Gasteiger partial charge in [0.1, 0.15) is 6.04 Å². The van der Waals surface area contributed by atoms with Crippen LogP contribution in [0.25, 0.3) is 0 Å². The normalized spacial score (nSPS) is 19.8. The van der Waals surface area contributed by atoms with Crippen molar-refractivity contribution in [1.82, 2.24) is 9.80 Å². The molecule has 5 nitrogen and oxygen atoms in total. The Labute approximate surface area is 139 Å². The molecule has 0 aromatic heterocycles. The van der Waals surface area contributed by atoms with Gasteiger partial charge in [-0.05, 0) is 44.0 Å². The standard InChI is InChI=1S/C17H22F2N2O3/c1-11(12-6-7-13(18)14(19)9-12)20(2)16(22)10-21-8-4-3-5-15(21)17(23)24/h6-7,9,11,15H,3-5,8,10H2,1-2H3,(H,23,24). The molecule has 2 atom stereocenters. The van der Waals surface area contributed by atoms with E-state index in [0.717, 1.165) is 25.0 Å². The average Bonchev–Trinajstić information content (AvgIpc) is 2.56. The molecule has 7 heteroatoms. The van der Waals surface area contributed by atoms with Gasteiger partial charge in [0.15, 0.2) is 11.6 Å². The first-order valence-corrected chi connectivity index (χ1v) is 7.98. The summed E-state index contributed by atoms with van der Waals surface area (Å²) in [6, 6.07) is 2.46. The Kier molecular flexibility index (Phi) is 5.88. The fraction of sp³-hybridized carbons (Fsp3) is 0.529. The number of carboxylic acids is 1. The van der Waals surface area contributed by atoms with E-state index >= 15 is 0 Å². The summed E-state index contributed by atoms with van der Waals surface area (Å²) in [5, 5.41) is 9.26. The maximum Gasteiger partial charge on any atom is 0.320 e. The van der Waals surface area contributed by atoms with Crippen LogP contribution < -0.4 is 0 Å². The van der Waals surface area contributed by atoms with Crippen LogP contribution in [0.1, 0.15) is 37.8 Å². The lowest BCUT2D eigenvalue weighted by Gasteiger charge is -2.34. The van der Waals surface area contributed by atoms with E-state index in [2.05, 4.69) is 0 Å². The summed E-state index contributed by atoms with van der Waals surface area (Å²) in [7, 11) is 1.58. The summed E-state index contributed by atoms with van der Waals surface area (Å²) < 4.78 is 26.4. The van der Waals surface area contributed by atoms with Gasteiger partial charge in [-0.25, -0.2) is 8.78 Å². The van der Waals surface area contributed by atoms with Crippen LogP contribution in [0, 0.1) is 11.6 Å². The van der Waals surface area contributed by atoms with Gasteiger partial charge in [0.05, 0.1) is 12.6 Å². The zero-order valence-corrected chi connectivity index (χ0v) is 13.8. The lowest BCUT2D eigenvalue weighted by atomic mass is 10.0. The summed E-state index contributed by atoms with van der Waals surface area (Å²) in [6.45, 7) is 2.28. The molecule has 0 saturated carbocycles. The molecular weight excluding hydrogens is 318 g/mol. The number of carboxylic acid groups (broad SMARTS) is 1. The molecule has 0 bridgehead atoms. The molecule has 0 spiro atoms. The number of piperidine rings is 1. The van der Waals surface area contributed by atoms with Gasteiger partial charge in [-0.3, -0.25) is 14.5 Å². The van der Waals surface area contributed by atoms with Crippen LogP contribution in [0.5, 0.6) is 0 Å². The summed E-state index contributed by atoms with van der Waals surface area (Å²) in [6.07, 6.45) is 2.23. The maximum absolute atomic E-state index is 13.4. The van der Waals surface area contributed by atoms with Crippen molar-refractivity contribution in [3.05, 3.63) is 35.4 Å². The van der Waals surface area contributed by atoms with Gasteiger partial charge in [0.2, 0.25) is 5.91 Å². The second-order valence-corrected chi connectivity index (χ2v) is 6.17. The first-order chi connectivity index (χ1) is 11.3. The third-order valence-corrected chi connectivity index (χ3v) is 4.64. The number of carbonyl (C=O) groups is 2. The number of hydrogen-bond acceptors (Lipinski definition) is 3. The smallest absolute Gasteiger partial charge is 0.320 e. The molecule has 1 saturated heterocycles. The Balaban J connectivity index is 2.05. The molecule has 0 aliphatic carbocycles. The van der Waals surface area contributed by atoms with E-state index < -0.39 is 29.7 Å². The first kappa shape index (κ1) is 18.3. The number of halogens is 2. The van der Waals surface area contributed by atoms with Crippen molar-refractivity contribution in [2.24, 2.45) is 0 Å². The minimum absolute atomic E-state index is 0.00147. The van der Waals surface area contributed by atoms with Gasteiger partial charge in [-0.1, -0.05) is 12.5 Å². The molecule has 1 aromatic carbocycles. The van der Waals surface area contributed by atoms with Crippen LogP contribution in [0.4, 0.5) is 8.78 Å². The van der Waals surface area contributed by atoms with Crippen molar-refractivity contribution in [2.75, 3.05) is 20.1 Å². The highest BCUT2D eigenvalue weighted by Gasteiger charge is 2.31. The predicted molar refractivity (Wildman–Crippen MR) is 84.4 cm³/mol. The maximum atomic E-state index is 13.4. The second kappa shape index (κ2) is 7.70. The van der Waals surface area contributed by atoms with Gasteiger partial charge in [-0.15, -0.1) is 0 Å². The Bertz CT molecular complexity index is 624. The Hall–Kier alpha value is -2.02. The van der Waals surface area contributed by atoms with Crippen molar-refractivity contribution >= 4 is 11.9 Å². The number of rotatable bonds is 5. The van der Waals surface area contributed by atoms with Crippen LogP contribution in [0.15, 0.2) is 18.2 Å². The molecule has 2 rings (SSSR count). The summed E-state index contributed by atoms with van der Waals surface area (Å²) >= 11 is 0. The van der Waals surface area contributed by atoms with E-state index in [1.807, 2.05) is 0 Å². The average molecular weight is 340 g/mol. The van der Waals surface area contributed by atoms with Crippen molar-refractivity contribution in [3.63, 3.8) is 0 Å². The minimum Gasteiger partial charge on any atom is -0.480 e. The van der Waals surface area contributed by atoms with E-state index in [1.54, 1.807) is 18.9 Å². The van der Waals surface area contributed by atoms with Crippen molar-refractivity contribution in [1.29, 1.82) is 0 Å². The molecule has 24 heavy (non-hydrogen) atoms. The quantitative estimate of drug-likeness (QED) is 0.894. The van der Waals surface area contributed by atoms with Gasteiger partial charge in [0, 0.05) is 7.05 Å². The minimum atomic E-state index is -0.956. The number of carbonyl (C=O) groups excluding carboxylic acids is 1. The van der Waals surface area contributed by atoms with E-state index in [1.165, 1.54) is 11.0 Å². The third kappa shape index (κ3) is 4.08. The van der Waals surface area contributed by atoms with Gasteiger partial charge >= 0.3 is 5.97 Å². The topological polar surface area (TPSA) is 60.9 Å². The van der Waals surface area contributed by atoms with Gasteiger partial charge < -0.3 is 10.0 Å². The Morgan fingerprint density at radius 3 is 2.67 bits per heavy atom. The van der Waals surface area contributed by atoms with Crippen molar-refractivity contribution in [3.8, 4) is 0 Å². The van der Waals surface area contributed by atoms with Crippen LogP contribution in [0.3, 0.4) is 0 Å². The molecule has 0 radical (unpaired) electrons. The van der Waals surface area contributed by atoms with E-state index in [0.29, 0.717) is 18.5 Å². The van der Waals surface area contributed by atoms with Gasteiger partial charge in [-0.2, -0.15) is 0 Å². The summed E-state index contributed by atoms with van der Waals surface area (Å²) in [5.41, 5.74) is 0.484. The summed E-state index contributed by atoms with van der Waals surface area (Å²) in [5.74, 6) is -3.06. The fourth-order valence-electron chi connectivity index (χ4n) is 2.96. The van der Waals surface area contributed by atoms with Gasteiger partial charge in [0.25, 0.3) is 0 Å². The van der Waals surface area contributed by atoms with E-state index in [4.69, 9.17) is 0 Å². The fourth-order valence-corrected chi connectivity index (χ4v) is 2.96. The van der Waals surface area contributed by atoms with Crippen LogP contribution >= 0.6 is 0 Å². The second-order valence-electron chi connectivity index (χ2n) is 6.17. The van der Waals surface area contributed by atoms with Crippen LogP contribution in [-0.4, -0.2) is 53.0 Å². The van der Waals surface area contributed by atoms with Crippen LogP contribution in [0.2, 0.25) is 0 Å². The van der Waals surface area contributed by atoms with E-state index in [9.17, 15) is 23.5 Å². The van der Waals surface area contributed by atoms with Crippen LogP contribution in [-0.2, 0) is 9.59 Å². The zero-order chi connectivity index (χ0) is 17.9. The highest BCUT2D eigenvalue weighted by Crippen LogP contribution is 2.22. The number of nitrogens with zero attached hydrogens (tertiary/aromatic N) is 2. The lowest BCUT2D eigenvalue weighted by Crippen LogP contribution is -2.49. The monoisotopic (exact) mass is 340 g/mol. The van der Waals surface area contributed by atoms with Crippen molar-refractivity contribution < 1.29 is 23.5 Å². The number of amides is 1. The third-order valence-electron chi connectivity index (χ3n) is 4.64. The molecule has 1 amide bonds. The van der Waals surface area contributed by atoms with Crippen molar-refractivity contribution in [2.45, 2.75) is 38.3 Å². The highest BCUT2D eigenvalue weighted by molar-refractivity contribution is 5.80. The summed E-state index contributed by atoms with van der Waals surface area (Å²) in [4.78, 5) is 26.9. The number of hydrogen-bond donors (Lipinski definition) is 1. The molecule has 1 fully saturated rings.